The molecule has 0 aliphatic rings. The number of pyridine rings is 1. The standard InChI is InChI=1S/C11H14ClN3O/c1-3-4-16-8(2)15-11-5-10(12)9(6-13)7-14-11/h5,7-8H,3-4H2,1-2H3,(H,14,15). The Balaban J connectivity index is 2.61. The van der Waals surface area contributed by atoms with Gasteiger partial charge in [-0.25, -0.2) is 4.98 Å². The molecule has 1 heterocycles. The second-order valence-corrected chi connectivity index (χ2v) is 3.73. The van der Waals surface area contributed by atoms with Crippen LogP contribution in [0.4, 0.5) is 5.82 Å². The number of nitrogens with zero attached hydrogens (tertiary/aromatic N) is 2. The number of ether oxygens (including phenoxy) is 1. The summed E-state index contributed by atoms with van der Waals surface area (Å²) in [4.78, 5) is 4.06. The van der Waals surface area contributed by atoms with E-state index in [9.17, 15) is 0 Å². The average molecular weight is 240 g/mol. The van der Waals surface area contributed by atoms with E-state index in [4.69, 9.17) is 21.6 Å². The van der Waals surface area contributed by atoms with Gasteiger partial charge in [-0.1, -0.05) is 18.5 Å². The molecule has 0 aliphatic heterocycles. The molecule has 1 aromatic heterocycles. The van der Waals surface area contributed by atoms with E-state index in [0.29, 0.717) is 23.0 Å². The molecule has 1 unspecified atom stereocenters. The van der Waals surface area contributed by atoms with Crippen LogP contribution in [0.3, 0.4) is 0 Å². The third-order valence-electron chi connectivity index (χ3n) is 1.90. The Hall–Kier alpha value is -1.31. The zero-order chi connectivity index (χ0) is 12.0. The summed E-state index contributed by atoms with van der Waals surface area (Å²) >= 11 is 5.87. The van der Waals surface area contributed by atoms with Crippen LogP contribution < -0.4 is 5.32 Å². The van der Waals surface area contributed by atoms with Crippen molar-refractivity contribution in [2.75, 3.05) is 11.9 Å². The number of rotatable bonds is 5. The van der Waals surface area contributed by atoms with Gasteiger partial charge in [-0.15, -0.1) is 0 Å². The maximum Gasteiger partial charge on any atom is 0.129 e. The minimum absolute atomic E-state index is 0.128. The highest BCUT2D eigenvalue weighted by Gasteiger charge is 2.05. The van der Waals surface area contributed by atoms with E-state index in [1.54, 1.807) is 6.07 Å². The van der Waals surface area contributed by atoms with Crippen LogP contribution in [0.5, 0.6) is 0 Å². The zero-order valence-corrected chi connectivity index (χ0v) is 10.1. The molecule has 0 saturated heterocycles. The Morgan fingerprint density at radius 3 is 3.00 bits per heavy atom. The Morgan fingerprint density at radius 2 is 2.44 bits per heavy atom. The number of aromatic nitrogens is 1. The molecule has 5 heteroatoms. The second-order valence-electron chi connectivity index (χ2n) is 3.32. The van der Waals surface area contributed by atoms with Crippen LogP contribution in [-0.2, 0) is 4.74 Å². The van der Waals surface area contributed by atoms with Gasteiger partial charge in [0.25, 0.3) is 0 Å². The predicted octanol–water partition coefficient (Wildman–Crippen LogP) is 2.79. The highest BCUT2D eigenvalue weighted by molar-refractivity contribution is 6.31. The summed E-state index contributed by atoms with van der Waals surface area (Å²) in [5.74, 6) is 0.604. The van der Waals surface area contributed by atoms with E-state index < -0.39 is 0 Å². The summed E-state index contributed by atoms with van der Waals surface area (Å²) in [6, 6.07) is 3.57. The summed E-state index contributed by atoms with van der Waals surface area (Å²) in [7, 11) is 0. The van der Waals surface area contributed by atoms with Crippen molar-refractivity contribution in [3.63, 3.8) is 0 Å². The van der Waals surface area contributed by atoms with E-state index >= 15 is 0 Å². The highest BCUT2D eigenvalue weighted by atomic mass is 35.5. The van der Waals surface area contributed by atoms with Crippen molar-refractivity contribution in [3.8, 4) is 6.07 Å². The van der Waals surface area contributed by atoms with Crippen LogP contribution in [0.2, 0.25) is 5.02 Å². The number of hydrogen-bond donors (Lipinski definition) is 1. The third kappa shape index (κ3) is 3.69. The fraction of sp³-hybridized carbons (Fsp3) is 0.455. The topological polar surface area (TPSA) is 57.9 Å². The van der Waals surface area contributed by atoms with Gasteiger partial charge in [0.05, 0.1) is 10.6 Å². The molecular formula is C11H14ClN3O. The highest BCUT2D eigenvalue weighted by Crippen LogP contribution is 2.18. The maximum absolute atomic E-state index is 8.69. The molecule has 0 aliphatic carbocycles. The summed E-state index contributed by atoms with van der Waals surface area (Å²) in [6.45, 7) is 4.63. The lowest BCUT2D eigenvalue weighted by Gasteiger charge is -2.15. The quantitative estimate of drug-likeness (QED) is 0.803. The number of halogens is 1. The van der Waals surface area contributed by atoms with Crippen molar-refractivity contribution in [2.45, 2.75) is 26.5 Å². The van der Waals surface area contributed by atoms with E-state index in [1.807, 2.05) is 19.9 Å². The van der Waals surface area contributed by atoms with Crippen LogP contribution in [0.15, 0.2) is 12.3 Å². The van der Waals surface area contributed by atoms with Gasteiger partial charge in [0.1, 0.15) is 18.1 Å². The zero-order valence-electron chi connectivity index (χ0n) is 9.33. The third-order valence-corrected chi connectivity index (χ3v) is 2.21. The molecular weight excluding hydrogens is 226 g/mol. The molecule has 1 N–H and O–H groups in total. The molecule has 4 nitrogen and oxygen atoms in total. The van der Waals surface area contributed by atoms with Gasteiger partial charge in [-0.05, 0) is 13.3 Å². The maximum atomic E-state index is 8.69. The fourth-order valence-electron chi connectivity index (χ4n) is 1.14. The van der Waals surface area contributed by atoms with E-state index in [-0.39, 0.29) is 6.23 Å². The van der Waals surface area contributed by atoms with Gasteiger partial charge in [0.15, 0.2) is 0 Å². The lowest BCUT2D eigenvalue weighted by Crippen LogP contribution is -2.20. The van der Waals surface area contributed by atoms with Crippen molar-refractivity contribution in [1.29, 1.82) is 5.26 Å². The molecule has 16 heavy (non-hydrogen) atoms. The molecule has 86 valence electrons. The van der Waals surface area contributed by atoms with Gasteiger partial charge < -0.3 is 10.1 Å². The van der Waals surface area contributed by atoms with Gasteiger partial charge in [0.2, 0.25) is 0 Å². The first-order chi connectivity index (χ1) is 7.67. The normalized spacial score (nSPS) is 11.9. The molecule has 0 radical (unpaired) electrons. The van der Waals surface area contributed by atoms with Crippen LogP contribution in [-0.4, -0.2) is 17.8 Å². The molecule has 0 fully saturated rings. The SMILES string of the molecule is CCCOC(C)Nc1cc(Cl)c(C#N)cn1. The minimum atomic E-state index is -0.128. The molecule has 1 atom stereocenters. The van der Waals surface area contributed by atoms with Crippen LogP contribution >= 0.6 is 11.6 Å². The lowest BCUT2D eigenvalue weighted by molar-refractivity contribution is 0.0851. The molecule has 0 bridgehead atoms. The molecule has 1 aromatic rings. The summed E-state index contributed by atoms with van der Waals surface area (Å²) < 4.78 is 5.43. The smallest absolute Gasteiger partial charge is 0.129 e. The van der Waals surface area contributed by atoms with Gasteiger partial charge in [0, 0.05) is 18.9 Å². The Kier molecular flexibility index (Phi) is 5.03. The van der Waals surface area contributed by atoms with Crippen LogP contribution in [0, 0.1) is 11.3 Å². The van der Waals surface area contributed by atoms with Crippen molar-refractivity contribution in [1.82, 2.24) is 4.98 Å². The Bertz CT molecular complexity index is 389. The average Bonchev–Trinajstić information content (AvgIpc) is 2.26. The van der Waals surface area contributed by atoms with E-state index in [2.05, 4.69) is 10.3 Å². The van der Waals surface area contributed by atoms with Crippen molar-refractivity contribution < 1.29 is 4.74 Å². The first kappa shape index (κ1) is 12.8. The first-order valence-electron chi connectivity index (χ1n) is 5.11. The van der Waals surface area contributed by atoms with E-state index in [1.165, 1.54) is 6.20 Å². The number of hydrogen-bond acceptors (Lipinski definition) is 4. The number of nitrogens with one attached hydrogen (secondary N) is 1. The minimum Gasteiger partial charge on any atom is -0.359 e. The molecule has 0 amide bonds. The van der Waals surface area contributed by atoms with Crippen LogP contribution in [0.1, 0.15) is 25.8 Å². The molecule has 0 aromatic carbocycles. The second kappa shape index (κ2) is 6.31. The Morgan fingerprint density at radius 1 is 1.69 bits per heavy atom. The van der Waals surface area contributed by atoms with Crippen molar-refractivity contribution in [2.24, 2.45) is 0 Å². The van der Waals surface area contributed by atoms with Crippen LogP contribution in [0.25, 0.3) is 0 Å². The monoisotopic (exact) mass is 239 g/mol. The largest absolute Gasteiger partial charge is 0.359 e. The number of anilines is 1. The van der Waals surface area contributed by atoms with Gasteiger partial charge in [-0.3, -0.25) is 0 Å². The number of nitriles is 1. The lowest BCUT2D eigenvalue weighted by atomic mass is 10.3. The molecule has 0 spiro atoms. The molecule has 0 saturated carbocycles. The van der Waals surface area contributed by atoms with Gasteiger partial charge >= 0.3 is 0 Å². The van der Waals surface area contributed by atoms with Crippen molar-refractivity contribution >= 4 is 17.4 Å². The summed E-state index contributed by atoms with van der Waals surface area (Å²) in [6.07, 6.45) is 2.28. The first-order valence-corrected chi connectivity index (χ1v) is 5.49. The van der Waals surface area contributed by atoms with E-state index in [0.717, 1.165) is 6.42 Å². The summed E-state index contributed by atoms with van der Waals surface area (Å²) in [5.41, 5.74) is 0.370. The summed E-state index contributed by atoms with van der Waals surface area (Å²) in [5, 5.41) is 12.1. The molecule has 1 rings (SSSR count). The van der Waals surface area contributed by atoms with Crippen molar-refractivity contribution in [3.05, 3.63) is 22.8 Å². The van der Waals surface area contributed by atoms with Gasteiger partial charge in [-0.2, -0.15) is 5.26 Å². The predicted molar refractivity (Wildman–Crippen MR) is 63.3 cm³/mol. The Labute approximate surface area is 100 Å². The fourth-order valence-corrected chi connectivity index (χ4v) is 1.33.